The predicted octanol–water partition coefficient (Wildman–Crippen LogP) is 5.06. The van der Waals surface area contributed by atoms with E-state index in [0.717, 1.165) is 11.1 Å². The van der Waals surface area contributed by atoms with E-state index in [9.17, 15) is 13.6 Å². The Labute approximate surface area is 166 Å². The summed E-state index contributed by atoms with van der Waals surface area (Å²) in [6.07, 6.45) is 0. The van der Waals surface area contributed by atoms with Crippen molar-refractivity contribution in [3.05, 3.63) is 58.6 Å². The van der Waals surface area contributed by atoms with E-state index >= 15 is 0 Å². The molecule has 0 aliphatic carbocycles. The van der Waals surface area contributed by atoms with Gasteiger partial charge in [0, 0.05) is 10.8 Å². The van der Waals surface area contributed by atoms with Crippen LogP contribution in [0.3, 0.4) is 0 Å². The lowest BCUT2D eigenvalue weighted by Crippen LogP contribution is -2.28. The van der Waals surface area contributed by atoms with E-state index in [-0.39, 0.29) is 29.2 Å². The number of benzene rings is 2. The number of ether oxygens (including phenoxy) is 2. The molecule has 1 amide bonds. The molecule has 0 aliphatic rings. The third-order valence-corrected chi connectivity index (χ3v) is 4.91. The Morgan fingerprint density at radius 3 is 2.67 bits per heavy atom. The van der Waals surface area contributed by atoms with Gasteiger partial charge in [0.1, 0.15) is 0 Å². The molecule has 0 fully saturated rings. The summed E-state index contributed by atoms with van der Waals surface area (Å²) in [4.78, 5) is 12.1. The van der Waals surface area contributed by atoms with E-state index in [0.29, 0.717) is 10.8 Å². The number of hydrogen-bond acceptors (Lipinski definition) is 4. The van der Waals surface area contributed by atoms with Crippen LogP contribution in [0.4, 0.5) is 8.78 Å². The molecule has 1 N–H and O–H groups in total. The van der Waals surface area contributed by atoms with Crippen LogP contribution in [-0.2, 0) is 10.5 Å². The van der Waals surface area contributed by atoms with E-state index in [2.05, 4.69) is 10.1 Å². The average molecular weight is 416 g/mol. The van der Waals surface area contributed by atoms with E-state index in [4.69, 9.17) is 16.3 Å². The van der Waals surface area contributed by atoms with Crippen molar-refractivity contribution in [3.63, 3.8) is 0 Å². The average Bonchev–Trinajstić information content (AvgIpc) is 2.62. The molecule has 0 saturated heterocycles. The van der Waals surface area contributed by atoms with Gasteiger partial charge >= 0.3 is 6.61 Å². The first-order chi connectivity index (χ1) is 12.9. The number of amides is 1. The molecule has 146 valence electrons. The maximum absolute atomic E-state index is 12.3. The molecule has 2 aromatic rings. The lowest BCUT2D eigenvalue weighted by Gasteiger charge is -2.15. The minimum Gasteiger partial charge on any atom is -0.493 e. The van der Waals surface area contributed by atoms with Crippen molar-refractivity contribution < 1.29 is 23.0 Å². The molecule has 8 heteroatoms. The van der Waals surface area contributed by atoms with Crippen LogP contribution < -0.4 is 14.8 Å². The minimum absolute atomic E-state index is 0.0191. The zero-order chi connectivity index (χ0) is 19.8. The second kappa shape index (κ2) is 10.4. The van der Waals surface area contributed by atoms with Gasteiger partial charge in [-0.3, -0.25) is 4.79 Å². The highest BCUT2D eigenvalue weighted by Gasteiger charge is 2.12. The summed E-state index contributed by atoms with van der Waals surface area (Å²) in [6, 6.07) is 11.9. The molecule has 0 radical (unpaired) electrons. The monoisotopic (exact) mass is 415 g/mol. The van der Waals surface area contributed by atoms with Gasteiger partial charge in [0.25, 0.3) is 0 Å². The Morgan fingerprint density at radius 1 is 1.22 bits per heavy atom. The van der Waals surface area contributed by atoms with Gasteiger partial charge in [-0.2, -0.15) is 8.78 Å². The summed E-state index contributed by atoms with van der Waals surface area (Å²) in [5.41, 5.74) is 1.77. The smallest absolute Gasteiger partial charge is 0.387 e. The second-order valence-electron chi connectivity index (χ2n) is 5.70. The molecular weight excluding hydrogens is 396 g/mol. The van der Waals surface area contributed by atoms with Gasteiger partial charge in [-0.05, 0) is 42.3 Å². The number of nitrogens with one attached hydrogen (secondary N) is 1. The number of methoxy groups -OCH3 is 1. The van der Waals surface area contributed by atoms with E-state index < -0.39 is 6.61 Å². The van der Waals surface area contributed by atoms with Gasteiger partial charge in [-0.15, -0.1) is 11.8 Å². The van der Waals surface area contributed by atoms with Crippen molar-refractivity contribution in [3.8, 4) is 11.5 Å². The van der Waals surface area contributed by atoms with Crippen LogP contribution in [0.1, 0.15) is 24.1 Å². The molecule has 0 bridgehead atoms. The first kappa shape index (κ1) is 21.3. The Kier molecular flexibility index (Phi) is 8.19. The number of carbonyl (C=O) groups excluding carboxylic acids is 1. The number of rotatable bonds is 9. The molecule has 1 atom stereocenters. The third-order valence-electron chi connectivity index (χ3n) is 3.67. The van der Waals surface area contributed by atoms with Crippen molar-refractivity contribution in [1.29, 1.82) is 0 Å². The molecule has 0 heterocycles. The predicted molar refractivity (Wildman–Crippen MR) is 104 cm³/mol. The summed E-state index contributed by atoms with van der Waals surface area (Å²) in [5, 5.41) is 3.54. The fourth-order valence-corrected chi connectivity index (χ4v) is 3.38. The van der Waals surface area contributed by atoms with Gasteiger partial charge in [0.05, 0.1) is 18.9 Å². The van der Waals surface area contributed by atoms with Crippen LogP contribution in [0.2, 0.25) is 5.02 Å². The van der Waals surface area contributed by atoms with Crippen LogP contribution >= 0.6 is 23.4 Å². The Bertz CT molecular complexity index is 776. The van der Waals surface area contributed by atoms with Gasteiger partial charge < -0.3 is 14.8 Å². The summed E-state index contributed by atoms with van der Waals surface area (Å²) < 4.78 is 34.1. The molecule has 0 aliphatic heterocycles. The second-order valence-corrected chi connectivity index (χ2v) is 7.12. The van der Waals surface area contributed by atoms with Crippen LogP contribution in [-0.4, -0.2) is 25.4 Å². The third kappa shape index (κ3) is 6.92. The van der Waals surface area contributed by atoms with Crippen molar-refractivity contribution in [2.24, 2.45) is 0 Å². The Balaban J connectivity index is 1.84. The number of alkyl halides is 2. The maximum Gasteiger partial charge on any atom is 0.387 e. The molecular formula is C19H20ClF2NO3S. The zero-order valence-corrected chi connectivity index (χ0v) is 16.4. The van der Waals surface area contributed by atoms with Gasteiger partial charge in [0.15, 0.2) is 11.5 Å². The summed E-state index contributed by atoms with van der Waals surface area (Å²) >= 11 is 7.37. The fraction of sp³-hybridized carbons (Fsp3) is 0.316. The highest BCUT2D eigenvalue weighted by molar-refractivity contribution is 7.99. The molecule has 4 nitrogen and oxygen atoms in total. The molecule has 0 spiro atoms. The maximum atomic E-state index is 12.3. The van der Waals surface area contributed by atoms with Crippen LogP contribution in [0.5, 0.6) is 11.5 Å². The number of thioether (sulfide) groups is 1. The van der Waals surface area contributed by atoms with Crippen molar-refractivity contribution >= 4 is 29.3 Å². The Hall–Kier alpha value is -1.99. The van der Waals surface area contributed by atoms with E-state index in [1.54, 1.807) is 18.2 Å². The van der Waals surface area contributed by atoms with Crippen LogP contribution in [0.15, 0.2) is 42.5 Å². The number of carbonyl (C=O) groups is 1. The molecule has 0 saturated carbocycles. The van der Waals surface area contributed by atoms with Crippen LogP contribution in [0.25, 0.3) is 0 Å². The minimum atomic E-state index is -2.91. The standard InChI is InChI=1S/C19H20ClF2NO3S/c1-12(14-4-3-5-15(20)9-14)23-18(24)11-27-10-13-6-7-16(26-19(21)22)17(8-13)25-2/h3-9,12,19H,10-11H2,1-2H3,(H,23,24)/t12-/m0/s1. The highest BCUT2D eigenvalue weighted by Crippen LogP contribution is 2.30. The van der Waals surface area contributed by atoms with Gasteiger partial charge in [-0.25, -0.2) is 0 Å². The molecule has 0 unspecified atom stereocenters. The molecule has 27 heavy (non-hydrogen) atoms. The van der Waals surface area contributed by atoms with E-state index in [1.807, 2.05) is 25.1 Å². The topological polar surface area (TPSA) is 47.6 Å². The normalized spacial score (nSPS) is 11.9. The molecule has 2 rings (SSSR count). The SMILES string of the molecule is COc1cc(CSCC(=O)N[C@@H](C)c2cccc(Cl)c2)ccc1OC(F)F. The zero-order valence-electron chi connectivity index (χ0n) is 14.9. The van der Waals surface area contributed by atoms with Gasteiger partial charge in [-0.1, -0.05) is 29.8 Å². The van der Waals surface area contributed by atoms with E-state index in [1.165, 1.54) is 24.9 Å². The summed E-state index contributed by atoms with van der Waals surface area (Å²) in [7, 11) is 1.38. The first-order valence-corrected chi connectivity index (χ1v) is 9.66. The summed E-state index contributed by atoms with van der Waals surface area (Å²) in [5.74, 6) is 0.908. The quantitative estimate of drug-likeness (QED) is 0.621. The molecule has 0 aromatic heterocycles. The fourth-order valence-electron chi connectivity index (χ4n) is 2.40. The first-order valence-electron chi connectivity index (χ1n) is 8.13. The lowest BCUT2D eigenvalue weighted by molar-refractivity contribution is -0.119. The molecule has 2 aromatic carbocycles. The van der Waals surface area contributed by atoms with Crippen molar-refractivity contribution in [2.45, 2.75) is 25.3 Å². The lowest BCUT2D eigenvalue weighted by atomic mass is 10.1. The Morgan fingerprint density at radius 2 is 2.00 bits per heavy atom. The van der Waals surface area contributed by atoms with Gasteiger partial charge in [0.2, 0.25) is 5.91 Å². The highest BCUT2D eigenvalue weighted by atomic mass is 35.5. The number of halogens is 3. The van der Waals surface area contributed by atoms with Crippen molar-refractivity contribution in [2.75, 3.05) is 12.9 Å². The van der Waals surface area contributed by atoms with Crippen LogP contribution in [0, 0.1) is 0 Å². The number of hydrogen-bond donors (Lipinski definition) is 1. The van der Waals surface area contributed by atoms with Crippen molar-refractivity contribution in [1.82, 2.24) is 5.32 Å². The largest absolute Gasteiger partial charge is 0.493 e. The summed E-state index contributed by atoms with van der Waals surface area (Å²) in [6.45, 7) is -1.02.